The lowest BCUT2D eigenvalue weighted by molar-refractivity contribution is -0.303. The van der Waals surface area contributed by atoms with Crippen molar-refractivity contribution < 1.29 is 38.5 Å². The highest BCUT2D eigenvalue weighted by Gasteiger charge is 2.28. The Kier molecular flexibility index (Phi) is 50.9. The number of ether oxygens (including phenoxy) is 3. The summed E-state index contributed by atoms with van der Waals surface area (Å²) >= 11 is 0. The minimum atomic E-state index is -1.77. The monoisotopic (exact) mass is 837 g/mol. The minimum absolute atomic E-state index is 0.184. The van der Waals surface area contributed by atoms with Gasteiger partial charge in [0.15, 0.2) is 5.97 Å². The Balaban J connectivity index is -0.000000322. The Morgan fingerprint density at radius 2 is 0.821 bits per heavy atom. The average molecular weight is 837 g/mol. The van der Waals surface area contributed by atoms with Crippen LogP contribution in [0, 0.1) is 11.8 Å². The fraction of sp³-hybridized carbons (Fsp3) is 0.913. The lowest BCUT2D eigenvalue weighted by atomic mass is 10.0. The molecule has 0 saturated heterocycles. The van der Waals surface area contributed by atoms with Gasteiger partial charge in [0.25, 0.3) is 0 Å². The molecule has 2 unspecified atom stereocenters. The summed E-state index contributed by atoms with van der Waals surface area (Å²) in [7, 11) is 1.07. The van der Waals surface area contributed by atoms with Crippen LogP contribution < -0.4 is 5.11 Å². The van der Waals surface area contributed by atoms with Crippen molar-refractivity contribution in [2.24, 2.45) is 11.8 Å². The van der Waals surface area contributed by atoms with Crippen molar-refractivity contribution in [2.75, 3.05) is 64.0 Å². The van der Waals surface area contributed by atoms with Gasteiger partial charge in [0, 0.05) is 13.9 Å². The standard InChI is InChI=1S/C13H30P.C12H27P.C11H20O4.C10H18O4/c1-5-8-11-14(4,12-9-6-2)13-10-7-3;1-4-7-10-13(11-8-5-2)12-9-6-3;1-4-6-7-9(5-2)8-15-11(13)10(12)14-3;1-3-5-6-8(4-2)7-14-10(13)9(11)12/h5-13H2,1-4H3;4-12H2,1-3H3;9H,4-8H2,1-3H3;8H,3-7H2,1-2H3,(H,11,12)/q+1;;;/p-1. The molecule has 0 aliphatic rings. The number of carboxylic acid groups (broad SMARTS) is 1. The zero-order valence-corrected chi connectivity index (χ0v) is 40.9. The molecule has 8 nitrogen and oxygen atoms in total. The number of hydrogen-bond donors (Lipinski definition) is 0. The highest BCUT2D eigenvalue weighted by Crippen LogP contribution is 2.57. The number of carbonyl (C=O) groups is 4. The molecule has 0 aliphatic heterocycles. The molecule has 0 aromatic heterocycles. The van der Waals surface area contributed by atoms with Crippen molar-refractivity contribution in [3.05, 3.63) is 0 Å². The third-order valence-corrected chi connectivity index (χ3v) is 17.2. The first-order valence-corrected chi connectivity index (χ1v) is 27.7. The second kappa shape index (κ2) is 46.4. The molecule has 0 aromatic rings. The molecule has 0 N–H and O–H groups in total. The summed E-state index contributed by atoms with van der Waals surface area (Å²) < 4.78 is 13.6. The number of hydrogen-bond acceptors (Lipinski definition) is 8. The number of carboxylic acids is 1. The summed E-state index contributed by atoms with van der Waals surface area (Å²) in [4.78, 5) is 42.3. The van der Waals surface area contributed by atoms with Crippen molar-refractivity contribution in [3.8, 4) is 0 Å². The molecular formula is C46H94O8P2. The van der Waals surface area contributed by atoms with Crippen LogP contribution in [0.4, 0.5) is 0 Å². The maximum Gasteiger partial charge on any atom is 0.417 e. The van der Waals surface area contributed by atoms with Crippen molar-refractivity contribution >= 4 is 39.1 Å². The van der Waals surface area contributed by atoms with E-state index in [0.29, 0.717) is 20.4 Å². The van der Waals surface area contributed by atoms with E-state index in [1.165, 1.54) is 77.0 Å². The number of rotatable bonds is 30. The molecule has 2 atom stereocenters. The van der Waals surface area contributed by atoms with Crippen LogP contribution >= 0.6 is 15.2 Å². The van der Waals surface area contributed by atoms with Crippen LogP contribution in [0.2, 0.25) is 0 Å². The van der Waals surface area contributed by atoms with Crippen LogP contribution in [0.25, 0.3) is 0 Å². The average Bonchev–Trinajstić information content (AvgIpc) is 3.21. The first kappa shape index (κ1) is 61.4. The molecule has 10 heteroatoms. The number of aliphatic carboxylic acids is 1. The van der Waals surface area contributed by atoms with E-state index >= 15 is 0 Å². The van der Waals surface area contributed by atoms with Crippen molar-refractivity contribution in [1.82, 2.24) is 0 Å². The summed E-state index contributed by atoms with van der Waals surface area (Å²) in [6, 6.07) is 0. The highest BCUT2D eigenvalue weighted by atomic mass is 31.2. The van der Waals surface area contributed by atoms with Gasteiger partial charge in [-0.05, 0) is 81.7 Å². The van der Waals surface area contributed by atoms with Gasteiger partial charge in [-0.2, -0.15) is 0 Å². The van der Waals surface area contributed by atoms with Crippen molar-refractivity contribution in [3.63, 3.8) is 0 Å². The van der Waals surface area contributed by atoms with E-state index in [9.17, 15) is 24.3 Å². The third-order valence-electron chi connectivity index (χ3n) is 10.1. The van der Waals surface area contributed by atoms with E-state index < -0.39 is 31.1 Å². The summed E-state index contributed by atoms with van der Waals surface area (Å²) in [5.41, 5.74) is 0. The first-order chi connectivity index (χ1) is 26.8. The van der Waals surface area contributed by atoms with E-state index in [1.807, 2.05) is 13.8 Å². The van der Waals surface area contributed by atoms with Gasteiger partial charge in [-0.15, -0.1) is 7.92 Å². The van der Waals surface area contributed by atoms with Gasteiger partial charge in [-0.1, -0.05) is 146 Å². The van der Waals surface area contributed by atoms with Gasteiger partial charge in [0.05, 0.1) is 38.8 Å². The molecule has 0 radical (unpaired) electrons. The van der Waals surface area contributed by atoms with E-state index in [0.717, 1.165) is 58.5 Å². The fourth-order valence-corrected chi connectivity index (χ4v) is 12.7. The lowest BCUT2D eigenvalue weighted by Gasteiger charge is -2.22. The van der Waals surface area contributed by atoms with E-state index in [2.05, 4.69) is 71.5 Å². The molecule has 0 heterocycles. The van der Waals surface area contributed by atoms with Crippen LogP contribution in [0.1, 0.15) is 198 Å². The zero-order valence-electron chi connectivity index (χ0n) is 39.1. The molecule has 0 rings (SSSR count). The lowest BCUT2D eigenvalue weighted by Crippen LogP contribution is -2.34. The molecule has 0 bridgehead atoms. The number of carbonyl (C=O) groups excluding carboxylic acids is 4. The second-order valence-corrected chi connectivity index (χ2v) is 22.8. The SMILES string of the molecule is CCCCC(CC)COC(=O)C(=O)OC.CCCCC(CC)COC(=O)C(=O)[O-].CCCCP(CCCC)CCCC.CCCC[P+](C)(CCCC)CCCC. The summed E-state index contributed by atoms with van der Waals surface area (Å²) in [6.45, 7) is 25.3. The molecule has 336 valence electrons. The Morgan fingerprint density at radius 1 is 0.500 bits per heavy atom. The maximum absolute atomic E-state index is 11.0. The molecule has 0 aliphatic carbocycles. The van der Waals surface area contributed by atoms with Crippen LogP contribution in [0.3, 0.4) is 0 Å². The topological polar surface area (TPSA) is 119 Å². The van der Waals surface area contributed by atoms with Crippen LogP contribution in [-0.2, 0) is 33.4 Å². The van der Waals surface area contributed by atoms with E-state index in [4.69, 9.17) is 4.74 Å². The Morgan fingerprint density at radius 3 is 1.09 bits per heavy atom. The van der Waals surface area contributed by atoms with E-state index in [-0.39, 0.29) is 12.5 Å². The van der Waals surface area contributed by atoms with Crippen LogP contribution in [0.15, 0.2) is 0 Å². The van der Waals surface area contributed by atoms with Gasteiger partial charge in [-0.25, -0.2) is 14.4 Å². The molecule has 56 heavy (non-hydrogen) atoms. The predicted molar refractivity (Wildman–Crippen MR) is 244 cm³/mol. The van der Waals surface area contributed by atoms with E-state index in [1.54, 1.807) is 37.0 Å². The largest absolute Gasteiger partial charge is 0.539 e. The fourth-order valence-electron chi connectivity index (χ4n) is 5.82. The quantitative estimate of drug-likeness (QED) is 0.0304. The van der Waals surface area contributed by atoms with Gasteiger partial charge in [0.1, 0.15) is 0 Å². The summed E-state index contributed by atoms with van der Waals surface area (Å²) in [5, 5.41) is 10.0. The molecule has 0 aromatic carbocycles. The van der Waals surface area contributed by atoms with Gasteiger partial charge in [0.2, 0.25) is 0 Å². The summed E-state index contributed by atoms with van der Waals surface area (Å²) in [6.07, 6.45) is 34.7. The number of esters is 3. The molecule has 0 amide bonds. The third kappa shape index (κ3) is 42.3. The maximum atomic E-state index is 11.0. The normalized spacial score (nSPS) is 11.8. The molecule has 0 fully saturated rings. The Bertz CT molecular complexity index is 844. The highest BCUT2D eigenvalue weighted by molar-refractivity contribution is 7.75. The Hall–Kier alpha value is -1.26. The van der Waals surface area contributed by atoms with Gasteiger partial charge >= 0.3 is 17.9 Å². The predicted octanol–water partition coefficient (Wildman–Crippen LogP) is 12.3. The molecular weight excluding hydrogens is 742 g/mol. The molecule has 0 saturated carbocycles. The minimum Gasteiger partial charge on any atom is -0.539 e. The van der Waals surface area contributed by atoms with Gasteiger partial charge in [-0.3, -0.25) is 0 Å². The second-order valence-electron chi connectivity index (χ2n) is 15.6. The number of unbranched alkanes of at least 4 members (excludes halogenated alkanes) is 8. The zero-order chi connectivity index (χ0) is 43.5. The van der Waals surface area contributed by atoms with Crippen LogP contribution in [-0.4, -0.2) is 87.8 Å². The Labute approximate surface area is 350 Å². The van der Waals surface area contributed by atoms with Crippen LogP contribution in [0.5, 0.6) is 0 Å². The summed E-state index contributed by atoms with van der Waals surface area (Å²) in [5.74, 6) is -4.25. The smallest absolute Gasteiger partial charge is 0.417 e. The molecule has 0 spiro atoms. The first-order valence-electron chi connectivity index (χ1n) is 23.0. The van der Waals surface area contributed by atoms with Gasteiger partial charge < -0.3 is 24.1 Å². The number of methoxy groups -OCH3 is 1. The van der Waals surface area contributed by atoms with Crippen molar-refractivity contribution in [1.29, 1.82) is 0 Å². The van der Waals surface area contributed by atoms with Crippen molar-refractivity contribution in [2.45, 2.75) is 198 Å².